The molecule has 0 bridgehead atoms. The molecule has 1 unspecified atom stereocenters. The lowest BCUT2D eigenvalue weighted by Gasteiger charge is -2.32. The molecule has 0 amide bonds. The van der Waals surface area contributed by atoms with Crippen LogP contribution in [0.4, 0.5) is 0 Å². The molecule has 1 aromatic carbocycles. The highest BCUT2D eigenvalue weighted by Crippen LogP contribution is 2.39. The molecule has 0 aromatic heterocycles. The summed E-state index contributed by atoms with van der Waals surface area (Å²) in [7, 11) is 2.03. The Hall–Kier alpha value is -2.91. The number of hydrogen-bond acceptors (Lipinski definition) is 6. The van der Waals surface area contributed by atoms with Crippen LogP contribution in [0.3, 0.4) is 0 Å². The quantitative estimate of drug-likeness (QED) is 0.411. The number of hydrogen-bond donors (Lipinski definition) is 2. The van der Waals surface area contributed by atoms with Gasteiger partial charge in [-0.3, -0.25) is 9.59 Å². The highest BCUT2D eigenvalue weighted by Gasteiger charge is 2.36. The molecule has 0 aliphatic heterocycles. The maximum absolute atomic E-state index is 11.2. The van der Waals surface area contributed by atoms with E-state index in [0.29, 0.717) is 24.0 Å². The molecule has 0 saturated heterocycles. The van der Waals surface area contributed by atoms with Crippen LogP contribution in [-0.4, -0.2) is 47.8 Å². The van der Waals surface area contributed by atoms with Gasteiger partial charge in [0.05, 0.1) is 11.5 Å². The number of phenols is 2. The number of carbonyl (C=O) groups excluding carboxylic acids is 2. The van der Waals surface area contributed by atoms with Crippen LogP contribution in [0.5, 0.6) is 11.5 Å². The van der Waals surface area contributed by atoms with E-state index in [9.17, 15) is 25.1 Å². The lowest BCUT2D eigenvalue weighted by molar-refractivity contribution is -0.107. The maximum Gasteiger partial charge on any atom is 0.157 e. The van der Waals surface area contributed by atoms with Gasteiger partial charge < -0.3 is 15.1 Å². The number of nitriles is 1. The molecule has 1 atom stereocenters. The second kappa shape index (κ2) is 10.9. The number of phenolic OH excluding ortho intramolecular Hbond substituents is 2. The van der Waals surface area contributed by atoms with E-state index < -0.39 is 5.41 Å². The summed E-state index contributed by atoms with van der Waals surface area (Å²) in [5, 5.41) is 29.5. The monoisotopic (exact) mass is 424 g/mol. The molecule has 0 fully saturated rings. The Bertz CT molecular complexity index is 911. The minimum atomic E-state index is -0.743. The Morgan fingerprint density at radius 1 is 1.16 bits per heavy atom. The van der Waals surface area contributed by atoms with Crippen LogP contribution in [0.1, 0.15) is 51.5 Å². The van der Waals surface area contributed by atoms with E-state index in [1.54, 1.807) is 6.07 Å². The molecule has 1 aromatic rings. The first kappa shape index (κ1) is 24.4. The fourth-order valence-corrected chi connectivity index (χ4v) is 4.15. The van der Waals surface area contributed by atoms with Crippen LogP contribution < -0.4 is 0 Å². The number of nitrogens with zero attached hydrogens (tertiary/aromatic N) is 2. The number of aldehydes is 2. The molecular weight excluding hydrogens is 392 g/mol. The first-order valence-electron chi connectivity index (χ1n) is 10.7. The van der Waals surface area contributed by atoms with E-state index in [2.05, 4.69) is 11.0 Å². The molecule has 0 heterocycles. The number of benzene rings is 1. The predicted molar refractivity (Wildman–Crippen MR) is 120 cm³/mol. The summed E-state index contributed by atoms with van der Waals surface area (Å²) < 4.78 is 0. The third-order valence-corrected chi connectivity index (χ3v) is 6.32. The van der Waals surface area contributed by atoms with E-state index in [4.69, 9.17) is 0 Å². The van der Waals surface area contributed by atoms with Crippen LogP contribution in [0.2, 0.25) is 0 Å². The van der Waals surface area contributed by atoms with Gasteiger partial charge in [-0.2, -0.15) is 5.26 Å². The van der Waals surface area contributed by atoms with Crippen LogP contribution in [0.15, 0.2) is 41.0 Å². The summed E-state index contributed by atoms with van der Waals surface area (Å²) in [4.78, 5) is 24.4. The SMILES string of the molecule is CC(C)C(C#N)(CCCN(C)CCC1=CC(C=O)=C(C=O)CC1)c1ccc(O)c(O)c1. The minimum Gasteiger partial charge on any atom is -0.504 e. The van der Waals surface area contributed by atoms with Gasteiger partial charge in [0.1, 0.15) is 12.6 Å². The van der Waals surface area contributed by atoms with Crippen molar-refractivity contribution >= 4 is 12.6 Å². The maximum atomic E-state index is 11.2. The molecule has 2 N–H and O–H groups in total. The fraction of sp³-hybridized carbons (Fsp3) is 0.480. The zero-order valence-electron chi connectivity index (χ0n) is 18.6. The molecule has 0 saturated carbocycles. The van der Waals surface area contributed by atoms with Crippen LogP contribution >= 0.6 is 0 Å². The minimum absolute atomic E-state index is 0.0414. The third kappa shape index (κ3) is 5.83. The van der Waals surface area contributed by atoms with Crippen molar-refractivity contribution in [3.63, 3.8) is 0 Å². The Labute approximate surface area is 184 Å². The van der Waals surface area contributed by atoms with Gasteiger partial charge >= 0.3 is 0 Å². The first-order chi connectivity index (χ1) is 14.8. The first-order valence-corrected chi connectivity index (χ1v) is 10.7. The van der Waals surface area contributed by atoms with Gasteiger partial charge in [0.15, 0.2) is 11.5 Å². The number of carbonyl (C=O) groups is 2. The van der Waals surface area contributed by atoms with Crippen molar-refractivity contribution in [3.8, 4) is 17.6 Å². The smallest absolute Gasteiger partial charge is 0.157 e. The number of aromatic hydroxyl groups is 2. The van der Waals surface area contributed by atoms with Crippen molar-refractivity contribution in [2.24, 2.45) is 5.92 Å². The topological polar surface area (TPSA) is 102 Å². The summed E-state index contributed by atoms with van der Waals surface area (Å²) in [6, 6.07) is 7.10. The van der Waals surface area contributed by atoms with Crippen LogP contribution in [0, 0.1) is 17.2 Å². The fourth-order valence-electron chi connectivity index (χ4n) is 4.15. The Balaban J connectivity index is 1.97. The van der Waals surface area contributed by atoms with Gasteiger partial charge in [-0.25, -0.2) is 0 Å². The lowest BCUT2D eigenvalue weighted by Crippen LogP contribution is -2.32. The van der Waals surface area contributed by atoms with Gasteiger partial charge in [0.2, 0.25) is 0 Å². The third-order valence-electron chi connectivity index (χ3n) is 6.32. The Kier molecular flexibility index (Phi) is 8.58. The standard InChI is InChI=1S/C25H32N2O4/c1-18(2)25(17-26,22-7-8-23(30)24(31)14-22)10-4-11-27(3)12-9-19-5-6-20(15-28)21(13-19)16-29/h7-8,13-16,18,30-31H,4-6,9-12H2,1-3H3. The molecule has 31 heavy (non-hydrogen) atoms. The molecule has 1 aliphatic rings. The zero-order chi connectivity index (χ0) is 23.0. The largest absolute Gasteiger partial charge is 0.504 e. The van der Waals surface area contributed by atoms with E-state index in [1.165, 1.54) is 17.7 Å². The zero-order valence-corrected chi connectivity index (χ0v) is 18.6. The van der Waals surface area contributed by atoms with Crippen molar-refractivity contribution in [1.29, 1.82) is 5.26 Å². The highest BCUT2D eigenvalue weighted by atomic mass is 16.3. The van der Waals surface area contributed by atoms with Crippen molar-refractivity contribution < 1.29 is 19.8 Å². The van der Waals surface area contributed by atoms with Crippen LogP contribution in [-0.2, 0) is 15.0 Å². The summed E-state index contributed by atoms with van der Waals surface area (Å²) in [5.41, 5.74) is 2.22. The van der Waals surface area contributed by atoms with Gasteiger partial charge in [-0.05, 0) is 69.3 Å². The van der Waals surface area contributed by atoms with E-state index in [-0.39, 0.29) is 17.4 Å². The predicted octanol–water partition coefficient (Wildman–Crippen LogP) is 4.03. The molecule has 6 nitrogen and oxygen atoms in total. The number of allylic oxidation sites excluding steroid dienone is 3. The average Bonchev–Trinajstić information content (AvgIpc) is 2.76. The summed E-state index contributed by atoms with van der Waals surface area (Å²) in [6.07, 6.45) is 7.05. The summed E-state index contributed by atoms with van der Waals surface area (Å²) in [5.74, 6) is -0.360. The Morgan fingerprint density at radius 3 is 2.48 bits per heavy atom. The molecular formula is C25H32N2O4. The van der Waals surface area contributed by atoms with Crippen molar-refractivity contribution in [2.45, 2.75) is 51.4 Å². The highest BCUT2D eigenvalue weighted by molar-refractivity contribution is 5.90. The average molecular weight is 425 g/mol. The number of rotatable bonds is 11. The molecule has 1 aliphatic carbocycles. The van der Waals surface area contributed by atoms with E-state index in [1.807, 2.05) is 27.0 Å². The normalized spacial score (nSPS) is 16.1. The summed E-state index contributed by atoms with van der Waals surface area (Å²) in [6.45, 7) is 5.63. The molecule has 2 rings (SSSR count). The molecule has 6 heteroatoms. The van der Waals surface area contributed by atoms with E-state index in [0.717, 1.165) is 50.5 Å². The summed E-state index contributed by atoms with van der Waals surface area (Å²) >= 11 is 0. The van der Waals surface area contributed by atoms with Crippen LogP contribution in [0.25, 0.3) is 0 Å². The van der Waals surface area contributed by atoms with Crippen molar-refractivity contribution in [2.75, 3.05) is 20.1 Å². The second-order valence-corrected chi connectivity index (χ2v) is 8.62. The van der Waals surface area contributed by atoms with E-state index >= 15 is 0 Å². The Morgan fingerprint density at radius 2 is 1.90 bits per heavy atom. The van der Waals surface area contributed by atoms with Gasteiger partial charge in [0, 0.05) is 17.7 Å². The molecule has 0 radical (unpaired) electrons. The van der Waals surface area contributed by atoms with Gasteiger partial charge in [-0.15, -0.1) is 0 Å². The second-order valence-electron chi connectivity index (χ2n) is 8.62. The van der Waals surface area contributed by atoms with Crippen molar-refractivity contribution in [3.05, 3.63) is 46.6 Å². The lowest BCUT2D eigenvalue weighted by atomic mass is 9.69. The van der Waals surface area contributed by atoms with Crippen molar-refractivity contribution in [1.82, 2.24) is 4.90 Å². The molecule has 0 spiro atoms. The van der Waals surface area contributed by atoms with Gasteiger partial charge in [0.25, 0.3) is 0 Å². The molecule has 166 valence electrons. The van der Waals surface area contributed by atoms with Gasteiger partial charge in [-0.1, -0.05) is 31.6 Å².